The molecular weight excluding hydrogens is 198 g/mol. The molecule has 1 aliphatic heterocycles. The molecule has 2 bridgehead atoms. The van der Waals surface area contributed by atoms with Crippen LogP contribution < -0.4 is 0 Å². The Kier molecular flexibility index (Phi) is 2.49. The zero-order valence-corrected chi connectivity index (χ0v) is 9.71. The van der Waals surface area contributed by atoms with Crippen LogP contribution in [-0.4, -0.2) is 28.7 Å². The second-order valence-electron chi connectivity index (χ2n) is 5.18. The maximum atomic E-state index is 10.1. The Morgan fingerprint density at radius 3 is 2.56 bits per heavy atom. The molecule has 3 unspecified atom stereocenters. The first-order valence-corrected chi connectivity index (χ1v) is 6.26. The van der Waals surface area contributed by atoms with Crippen molar-refractivity contribution in [2.75, 3.05) is 6.54 Å². The predicted octanol–water partition coefficient (Wildman–Crippen LogP) is 2.20. The molecule has 1 heterocycles. The highest BCUT2D eigenvalue weighted by Gasteiger charge is 2.47. The van der Waals surface area contributed by atoms with E-state index < -0.39 is 0 Å². The third-order valence-electron chi connectivity index (χ3n) is 4.36. The van der Waals surface area contributed by atoms with E-state index in [1.807, 2.05) is 0 Å². The first-order valence-electron chi connectivity index (χ1n) is 6.26. The van der Waals surface area contributed by atoms with Gasteiger partial charge in [-0.05, 0) is 31.2 Å². The van der Waals surface area contributed by atoms with E-state index in [1.165, 1.54) is 18.4 Å². The van der Waals surface area contributed by atoms with Crippen LogP contribution in [0, 0.1) is 5.92 Å². The summed E-state index contributed by atoms with van der Waals surface area (Å²) in [5, 5.41) is 10.1. The molecule has 2 fully saturated rings. The number of hydrogen-bond acceptors (Lipinski definition) is 2. The monoisotopic (exact) mass is 217 g/mol. The lowest BCUT2D eigenvalue weighted by molar-refractivity contribution is 0.105. The second kappa shape index (κ2) is 3.86. The van der Waals surface area contributed by atoms with Crippen LogP contribution in [0.15, 0.2) is 30.3 Å². The SMILES string of the molecule is C[C@@H](c1ccccc1)N1CC2CCC1C2O. The molecule has 2 nitrogen and oxygen atoms in total. The summed E-state index contributed by atoms with van der Waals surface area (Å²) < 4.78 is 0. The van der Waals surface area contributed by atoms with Gasteiger partial charge in [-0.1, -0.05) is 30.3 Å². The Morgan fingerprint density at radius 1 is 1.25 bits per heavy atom. The van der Waals surface area contributed by atoms with Gasteiger partial charge in [0.05, 0.1) is 6.10 Å². The number of aliphatic hydroxyl groups is 1. The lowest BCUT2D eigenvalue weighted by Gasteiger charge is -2.32. The van der Waals surface area contributed by atoms with Crippen LogP contribution in [0.5, 0.6) is 0 Å². The summed E-state index contributed by atoms with van der Waals surface area (Å²) in [5.74, 6) is 0.524. The zero-order valence-electron chi connectivity index (χ0n) is 9.71. The fourth-order valence-electron chi connectivity index (χ4n) is 3.38. The summed E-state index contributed by atoms with van der Waals surface area (Å²) in [5.41, 5.74) is 1.36. The van der Waals surface area contributed by atoms with E-state index in [0.717, 1.165) is 6.54 Å². The van der Waals surface area contributed by atoms with Gasteiger partial charge in [0.2, 0.25) is 0 Å². The molecule has 2 aliphatic rings. The number of likely N-dealkylation sites (tertiary alicyclic amines) is 1. The largest absolute Gasteiger partial charge is 0.391 e. The van der Waals surface area contributed by atoms with Crippen molar-refractivity contribution in [3.05, 3.63) is 35.9 Å². The van der Waals surface area contributed by atoms with Crippen molar-refractivity contribution in [3.8, 4) is 0 Å². The Morgan fingerprint density at radius 2 is 2.00 bits per heavy atom. The summed E-state index contributed by atoms with van der Waals surface area (Å²) >= 11 is 0. The van der Waals surface area contributed by atoms with E-state index in [2.05, 4.69) is 42.2 Å². The van der Waals surface area contributed by atoms with Gasteiger partial charge in [-0.15, -0.1) is 0 Å². The predicted molar refractivity (Wildman–Crippen MR) is 64.1 cm³/mol. The average molecular weight is 217 g/mol. The molecule has 0 radical (unpaired) electrons. The highest BCUT2D eigenvalue weighted by atomic mass is 16.3. The third-order valence-corrected chi connectivity index (χ3v) is 4.36. The molecule has 1 N–H and O–H groups in total. The maximum Gasteiger partial charge on any atom is 0.0735 e. The molecule has 86 valence electrons. The van der Waals surface area contributed by atoms with Crippen molar-refractivity contribution in [3.63, 3.8) is 0 Å². The minimum Gasteiger partial charge on any atom is -0.391 e. The molecule has 1 saturated heterocycles. The first-order chi connectivity index (χ1) is 7.77. The van der Waals surface area contributed by atoms with Gasteiger partial charge < -0.3 is 5.11 Å². The van der Waals surface area contributed by atoms with Crippen LogP contribution in [0.3, 0.4) is 0 Å². The molecule has 2 heteroatoms. The molecule has 0 spiro atoms. The van der Waals surface area contributed by atoms with Gasteiger partial charge in [0.1, 0.15) is 0 Å². The topological polar surface area (TPSA) is 23.5 Å². The van der Waals surface area contributed by atoms with Crippen LogP contribution in [0.1, 0.15) is 31.4 Å². The lowest BCUT2D eigenvalue weighted by atomic mass is 10.0. The molecule has 3 rings (SSSR count). The highest BCUT2D eigenvalue weighted by molar-refractivity contribution is 5.19. The normalized spacial score (nSPS) is 35.5. The van der Waals surface area contributed by atoms with E-state index in [1.54, 1.807) is 0 Å². The van der Waals surface area contributed by atoms with Gasteiger partial charge in [-0.3, -0.25) is 4.90 Å². The molecule has 16 heavy (non-hydrogen) atoms. The van der Waals surface area contributed by atoms with Crippen LogP contribution in [0.4, 0.5) is 0 Å². The third kappa shape index (κ3) is 1.48. The standard InChI is InChI=1S/C14H19NO/c1-10(11-5-3-2-4-6-11)15-9-12-7-8-13(15)14(12)16/h2-6,10,12-14,16H,7-9H2,1H3/t10-,12?,13?,14?/m0/s1. The van der Waals surface area contributed by atoms with Gasteiger partial charge in [0, 0.05) is 18.6 Å². The molecule has 1 aromatic rings. The van der Waals surface area contributed by atoms with Crippen molar-refractivity contribution in [1.82, 2.24) is 4.90 Å². The first kappa shape index (κ1) is 10.3. The van der Waals surface area contributed by atoms with E-state index >= 15 is 0 Å². The minimum absolute atomic E-state index is 0.0776. The number of piperidine rings is 1. The summed E-state index contributed by atoms with van der Waals surface area (Å²) in [6.45, 7) is 3.32. The summed E-state index contributed by atoms with van der Waals surface area (Å²) in [6, 6.07) is 11.5. The average Bonchev–Trinajstić information content (AvgIpc) is 2.85. The van der Waals surface area contributed by atoms with Gasteiger partial charge in [-0.25, -0.2) is 0 Å². The number of fused-ring (bicyclic) bond motifs is 2. The van der Waals surface area contributed by atoms with E-state index in [-0.39, 0.29) is 6.10 Å². The smallest absolute Gasteiger partial charge is 0.0735 e. The summed E-state index contributed by atoms with van der Waals surface area (Å²) in [6.07, 6.45) is 2.30. The molecule has 4 atom stereocenters. The number of aliphatic hydroxyl groups excluding tert-OH is 1. The molecule has 1 saturated carbocycles. The van der Waals surface area contributed by atoms with Crippen LogP contribution >= 0.6 is 0 Å². The van der Waals surface area contributed by atoms with Crippen LogP contribution in [0.2, 0.25) is 0 Å². The Labute approximate surface area is 96.9 Å². The van der Waals surface area contributed by atoms with Crippen molar-refractivity contribution < 1.29 is 5.11 Å². The summed E-state index contributed by atoms with van der Waals surface area (Å²) in [4.78, 5) is 2.48. The fourth-order valence-corrected chi connectivity index (χ4v) is 3.38. The van der Waals surface area contributed by atoms with Crippen LogP contribution in [-0.2, 0) is 0 Å². The number of nitrogens with zero attached hydrogens (tertiary/aromatic N) is 1. The van der Waals surface area contributed by atoms with E-state index in [0.29, 0.717) is 18.0 Å². The number of benzene rings is 1. The Bertz CT molecular complexity index is 364. The highest BCUT2D eigenvalue weighted by Crippen LogP contribution is 2.42. The summed E-state index contributed by atoms with van der Waals surface area (Å²) in [7, 11) is 0. The van der Waals surface area contributed by atoms with E-state index in [4.69, 9.17) is 0 Å². The molecule has 1 aliphatic carbocycles. The minimum atomic E-state index is -0.0776. The van der Waals surface area contributed by atoms with E-state index in [9.17, 15) is 5.11 Å². The Hall–Kier alpha value is -0.860. The molecule has 1 aromatic carbocycles. The zero-order chi connectivity index (χ0) is 11.1. The lowest BCUT2D eigenvalue weighted by Crippen LogP contribution is -2.36. The van der Waals surface area contributed by atoms with Gasteiger partial charge in [0.15, 0.2) is 0 Å². The van der Waals surface area contributed by atoms with Gasteiger partial charge >= 0.3 is 0 Å². The Balaban J connectivity index is 1.80. The van der Waals surface area contributed by atoms with Crippen molar-refractivity contribution in [2.24, 2.45) is 5.92 Å². The van der Waals surface area contributed by atoms with Crippen molar-refractivity contribution >= 4 is 0 Å². The van der Waals surface area contributed by atoms with Gasteiger partial charge in [-0.2, -0.15) is 0 Å². The van der Waals surface area contributed by atoms with Crippen molar-refractivity contribution in [2.45, 2.75) is 38.0 Å². The number of hydrogen-bond donors (Lipinski definition) is 1. The molecule has 0 aromatic heterocycles. The van der Waals surface area contributed by atoms with Gasteiger partial charge in [0.25, 0.3) is 0 Å². The maximum absolute atomic E-state index is 10.1. The second-order valence-corrected chi connectivity index (χ2v) is 5.18. The number of rotatable bonds is 2. The molecular formula is C14H19NO. The molecule has 0 amide bonds. The van der Waals surface area contributed by atoms with Crippen LogP contribution in [0.25, 0.3) is 0 Å². The fraction of sp³-hybridized carbons (Fsp3) is 0.571. The quantitative estimate of drug-likeness (QED) is 0.821. The van der Waals surface area contributed by atoms with Crippen molar-refractivity contribution in [1.29, 1.82) is 0 Å².